The molecule has 7 nitrogen and oxygen atoms in total. The van der Waals surface area contributed by atoms with E-state index in [9.17, 15) is 16.8 Å². The molecule has 0 amide bonds. The van der Waals surface area contributed by atoms with Crippen LogP contribution < -0.4 is 14.8 Å². The van der Waals surface area contributed by atoms with Crippen LogP contribution in [0, 0.1) is 6.92 Å². The second-order valence-electron chi connectivity index (χ2n) is 9.88. The molecule has 3 aromatic carbocycles. The van der Waals surface area contributed by atoms with Gasteiger partial charge in [0.2, 0.25) is 0 Å². The second kappa shape index (κ2) is 14.9. The predicted molar refractivity (Wildman–Crippen MR) is 161 cm³/mol. The van der Waals surface area contributed by atoms with Crippen molar-refractivity contribution < 1.29 is 16.8 Å². The topological polar surface area (TPSA) is 104 Å². The fourth-order valence-electron chi connectivity index (χ4n) is 4.17. The molecule has 9 heteroatoms. The van der Waals surface area contributed by atoms with Crippen LogP contribution in [0.3, 0.4) is 0 Å². The molecule has 0 aliphatic rings. The Morgan fingerprint density at radius 3 is 1.36 bits per heavy atom. The summed E-state index contributed by atoms with van der Waals surface area (Å²) >= 11 is 0. The Morgan fingerprint density at radius 1 is 0.513 bits per heavy atom. The van der Waals surface area contributed by atoms with Crippen LogP contribution in [0.4, 0.5) is 17.1 Å². The summed E-state index contributed by atoms with van der Waals surface area (Å²) in [6.07, 6.45) is 11.5. The highest BCUT2D eigenvalue weighted by Crippen LogP contribution is 2.22. The molecular weight excluding hydrogens is 530 g/mol. The molecule has 0 radical (unpaired) electrons. The van der Waals surface area contributed by atoms with Crippen LogP contribution in [0.25, 0.3) is 0 Å². The lowest BCUT2D eigenvalue weighted by molar-refractivity contribution is 0.569. The van der Waals surface area contributed by atoms with E-state index in [1.54, 1.807) is 36.4 Å². The molecule has 3 aromatic rings. The van der Waals surface area contributed by atoms with Crippen molar-refractivity contribution in [3.05, 3.63) is 78.4 Å². The average Bonchev–Trinajstić information content (AvgIpc) is 2.91. The zero-order valence-corrected chi connectivity index (χ0v) is 24.6. The Bertz CT molecular complexity index is 1360. The molecule has 0 aliphatic carbocycles. The highest BCUT2D eigenvalue weighted by Gasteiger charge is 2.16. The Labute approximate surface area is 234 Å². The molecule has 0 saturated heterocycles. The Kier molecular flexibility index (Phi) is 11.7. The number of hydrogen-bond acceptors (Lipinski definition) is 5. The van der Waals surface area contributed by atoms with Gasteiger partial charge >= 0.3 is 0 Å². The average molecular weight is 572 g/mol. The third-order valence-electron chi connectivity index (χ3n) is 6.49. The molecule has 39 heavy (non-hydrogen) atoms. The quantitative estimate of drug-likeness (QED) is 0.145. The molecule has 0 unspecified atom stereocenters. The summed E-state index contributed by atoms with van der Waals surface area (Å²) < 4.78 is 55.9. The zero-order valence-electron chi connectivity index (χ0n) is 22.9. The molecule has 0 saturated carbocycles. The molecular formula is C30H41N3O4S2. The van der Waals surface area contributed by atoms with Crippen molar-refractivity contribution in [3.63, 3.8) is 0 Å². The summed E-state index contributed by atoms with van der Waals surface area (Å²) in [4.78, 5) is 0.309. The number of anilines is 3. The normalized spacial score (nSPS) is 11.7. The third kappa shape index (κ3) is 10.2. The Balaban J connectivity index is 1.44. The number of aryl methyl sites for hydroxylation is 1. The number of hydrogen-bond donors (Lipinski definition) is 3. The van der Waals surface area contributed by atoms with Crippen LogP contribution in [-0.2, 0) is 20.0 Å². The van der Waals surface area contributed by atoms with E-state index in [0.717, 1.165) is 24.2 Å². The third-order valence-corrected chi connectivity index (χ3v) is 9.29. The van der Waals surface area contributed by atoms with Crippen molar-refractivity contribution in [1.82, 2.24) is 0 Å². The lowest BCUT2D eigenvalue weighted by Gasteiger charge is -2.12. The highest BCUT2D eigenvalue weighted by atomic mass is 32.2. The number of rotatable bonds is 17. The fourth-order valence-corrected chi connectivity index (χ4v) is 6.29. The van der Waals surface area contributed by atoms with Crippen molar-refractivity contribution in [2.45, 2.75) is 81.4 Å². The van der Waals surface area contributed by atoms with Crippen molar-refractivity contribution in [2.24, 2.45) is 0 Å². The first kappa shape index (κ1) is 30.5. The van der Waals surface area contributed by atoms with Crippen molar-refractivity contribution >= 4 is 37.1 Å². The molecule has 0 spiro atoms. The molecule has 0 aromatic heterocycles. The smallest absolute Gasteiger partial charge is 0.261 e. The molecule has 0 heterocycles. The Morgan fingerprint density at radius 2 is 0.897 bits per heavy atom. The van der Waals surface area contributed by atoms with Gasteiger partial charge in [-0.3, -0.25) is 9.44 Å². The largest absolute Gasteiger partial charge is 0.385 e. The molecule has 0 aliphatic heterocycles. The van der Waals surface area contributed by atoms with Gasteiger partial charge in [-0.2, -0.15) is 0 Å². The number of nitrogens with one attached hydrogen (secondary N) is 3. The maximum atomic E-state index is 12.8. The summed E-state index contributed by atoms with van der Waals surface area (Å²) in [5, 5.41) is 3.36. The SMILES string of the molecule is CCCCCCCCCCCNc1ccc(S(=O)(=O)Nc2ccc(NS(=O)(=O)c3ccc(C)cc3)cc2)cc1. The number of sulfonamides is 2. The van der Waals surface area contributed by atoms with Gasteiger partial charge in [0.25, 0.3) is 20.0 Å². The summed E-state index contributed by atoms with van der Waals surface area (Å²) in [6, 6.07) is 19.3. The minimum atomic E-state index is -3.79. The van der Waals surface area contributed by atoms with Gasteiger partial charge in [-0.25, -0.2) is 16.8 Å². The minimum Gasteiger partial charge on any atom is -0.385 e. The van der Waals surface area contributed by atoms with Gasteiger partial charge in [0.1, 0.15) is 0 Å². The first-order valence-electron chi connectivity index (χ1n) is 13.8. The fraction of sp³-hybridized carbons (Fsp3) is 0.400. The minimum absolute atomic E-state index is 0.153. The maximum absolute atomic E-state index is 12.8. The van der Waals surface area contributed by atoms with E-state index in [1.165, 1.54) is 87.8 Å². The van der Waals surface area contributed by atoms with Crippen molar-refractivity contribution in [1.29, 1.82) is 0 Å². The van der Waals surface area contributed by atoms with Crippen molar-refractivity contribution in [3.8, 4) is 0 Å². The van der Waals surface area contributed by atoms with E-state index in [0.29, 0.717) is 11.4 Å². The second-order valence-corrected chi connectivity index (χ2v) is 13.2. The molecule has 0 fully saturated rings. The molecule has 0 bridgehead atoms. The van der Waals surface area contributed by atoms with Crippen LogP contribution in [0.15, 0.2) is 82.6 Å². The highest BCUT2D eigenvalue weighted by molar-refractivity contribution is 7.93. The monoisotopic (exact) mass is 571 g/mol. The van der Waals surface area contributed by atoms with Crippen LogP contribution >= 0.6 is 0 Å². The van der Waals surface area contributed by atoms with Gasteiger partial charge in [-0.05, 0) is 74.0 Å². The van der Waals surface area contributed by atoms with Gasteiger partial charge in [0.15, 0.2) is 0 Å². The lowest BCUT2D eigenvalue weighted by Crippen LogP contribution is -2.14. The van der Waals surface area contributed by atoms with E-state index in [4.69, 9.17) is 0 Å². The van der Waals surface area contributed by atoms with E-state index in [-0.39, 0.29) is 9.79 Å². The van der Waals surface area contributed by atoms with Crippen LogP contribution in [0.5, 0.6) is 0 Å². The van der Waals surface area contributed by atoms with E-state index in [1.807, 2.05) is 6.92 Å². The van der Waals surface area contributed by atoms with Gasteiger partial charge < -0.3 is 5.32 Å². The van der Waals surface area contributed by atoms with Gasteiger partial charge in [0.05, 0.1) is 9.79 Å². The predicted octanol–water partition coefficient (Wildman–Crippen LogP) is 7.54. The number of unbranched alkanes of at least 4 members (excludes halogenated alkanes) is 8. The molecule has 3 N–H and O–H groups in total. The summed E-state index contributed by atoms with van der Waals surface area (Å²) in [7, 11) is -7.52. The van der Waals surface area contributed by atoms with Gasteiger partial charge in [0, 0.05) is 23.6 Å². The summed E-state index contributed by atoms with van der Waals surface area (Å²) in [6.45, 7) is 4.98. The molecule has 3 rings (SSSR count). The van der Waals surface area contributed by atoms with Crippen LogP contribution in [-0.4, -0.2) is 23.4 Å². The van der Waals surface area contributed by atoms with Gasteiger partial charge in [-0.15, -0.1) is 0 Å². The summed E-state index contributed by atoms with van der Waals surface area (Å²) in [5.74, 6) is 0. The number of benzene rings is 3. The Hall–Kier alpha value is -3.04. The molecule has 0 atom stereocenters. The lowest BCUT2D eigenvalue weighted by atomic mass is 10.1. The van der Waals surface area contributed by atoms with Gasteiger partial charge in [-0.1, -0.05) is 76.0 Å². The molecule has 212 valence electrons. The summed E-state index contributed by atoms with van der Waals surface area (Å²) in [5.41, 5.74) is 2.52. The first-order valence-corrected chi connectivity index (χ1v) is 16.7. The van der Waals surface area contributed by atoms with E-state index >= 15 is 0 Å². The van der Waals surface area contributed by atoms with Crippen LogP contribution in [0.2, 0.25) is 0 Å². The van der Waals surface area contributed by atoms with E-state index in [2.05, 4.69) is 21.7 Å². The zero-order chi connectivity index (χ0) is 28.1. The van der Waals surface area contributed by atoms with E-state index < -0.39 is 20.0 Å². The van der Waals surface area contributed by atoms with Crippen molar-refractivity contribution in [2.75, 3.05) is 21.3 Å². The first-order chi connectivity index (χ1) is 18.7. The maximum Gasteiger partial charge on any atom is 0.261 e. The van der Waals surface area contributed by atoms with Crippen LogP contribution in [0.1, 0.15) is 70.3 Å². The standard InChI is InChI=1S/C30H41N3O4S2/c1-3-4-5-6-7-8-9-10-11-24-31-26-18-22-30(23-19-26)39(36,37)33-28-16-14-27(15-17-28)32-38(34,35)29-20-12-25(2)13-21-29/h12-23,31-33H,3-11,24H2,1-2H3.